The number of aryl methyl sites for hydroxylation is 2. The van der Waals surface area contributed by atoms with E-state index in [1.807, 2.05) is 49.9 Å². The SMILES string of the molecule is C/C=C/COc1cc(C)c(OCCCCCSC/C(C)=N/OC)c(C)c1. The summed E-state index contributed by atoms with van der Waals surface area (Å²) in [5.74, 6) is 3.97. The Morgan fingerprint density at radius 3 is 2.50 bits per heavy atom. The fourth-order valence-corrected chi connectivity index (χ4v) is 3.42. The molecule has 1 aromatic rings. The molecule has 0 aliphatic heterocycles. The number of nitrogens with zero attached hydrogens (tertiary/aromatic N) is 1. The van der Waals surface area contributed by atoms with Crippen molar-refractivity contribution >= 4 is 17.5 Å². The summed E-state index contributed by atoms with van der Waals surface area (Å²) in [5.41, 5.74) is 3.29. The third-order valence-electron chi connectivity index (χ3n) is 3.75. The lowest BCUT2D eigenvalue weighted by Gasteiger charge is -2.14. The number of unbranched alkanes of at least 4 members (excludes halogenated alkanes) is 2. The standard InChI is InChI=1S/C21H33NO3S/c1-6-7-11-24-20-14-17(2)21(18(3)15-20)25-12-9-8-10-13-26-16-19(4)22-23-5/h6-7,14-15H,8-13,16H2,1-5H3/b7-6+,22-19+. The van der Waals surface area contributed by atoms with E-state index in [0.717, 1.165) is 52.9 Å². The molecule has 5 heteroatoms. The van der Waals surface area contributed by atoms with Crippen molar-refractivity contribution in [1.82, 2.24) is 0 Å². The Hall–Kier alpha value is -1.62. The van der Waals surface area contributed by atoms with Crippen molar-refractivity contribution in [2.24, 2.45) is 5.16 Å². The molecule has 1 rings (SSSR count). The van der Waals surface area contributed by atoms with Crippen molar-refractivity contribution in [1.29, 1.82) is 0 Å². The Labute approximate surface area is 163 Å². The van der Waals surface area contributed by atoms with Crippen molar-refractivity contribution in [3.63, 3.8) is 0 Å². The van der Waals surface area contributed by atoms with Crippen molar-refractivity contribution in [2.75, 3.05) is 31.8 Å². The van der Waals surface area contributed by atoms with Gasteiger partial charge in [0.2, 0.25) is 0 Å². The number of hydrogen-bond donors (Lipinski definition) is 0. The van der Waals surface area contributed by atoms with Gasteiger partial charge in [0.05, 0.1) is 12.3 Å². The average molecular weight is 380 g/mol. The number of hydrogen-bond acceptors (Lipinski definition) is 5. The summed E-state index contributed by atoms with van der Waals surface area (Å²) in [5, 5.41) is 3.91. The van der Waals surface area contributed by atoms with E-state index in [9.17, 15) is 0 Å². The van der Waals surface area contributed by atoms with E-state index in [1.165, 1.54) is 12.8 Å². The maximum atomic E-state index is 6.01. The molecular weight excluding hydrogens is 346 g/mol. The minimum atomic E-state index is 0.602. The van der Waals surface area contributed by atoms with Gasteiger partial charge in [-0.25, -0.2) is 0 Å². The molecule has 0 N–H and O–H groups in total. The fourth-order valence-electron chi connectivity index (χ4n) is 2.52. The highest BCUT2D eigenvalue weighted by atomic mass is 32.2. The molecule has 0 amide bonds. The Morgan fingerprint density at radius 2 is 1.85 bits per heavy atom. The second kappa shape index (κ2) is 13.6. The molecule has 0 aliphatic carbocycles. The van der Waals surface area contributed by atoms with Crippen molar-refractivity contribution in [3.8, 4) is 11.5 Å². The first-order valence-corrected chi connectivity index (χ1v) is 10.4. The third kappa shape index (κ3) is 9.18. The van der Waals surface area contributed by atoms with Crippen LogP contribution in [0.2, 0.25) is 0 Å². The van der Waals surface area contributed by atoms with Crippen LogP contribution in [0, 0.1) is 13.8 Å². The highest BCUT2D eigenvalue weighted by Gasteiger charge is 2.07. The van der Waals surface area contributed by atoms with E-state index in [4.69, 9.17) is 14.3 Å². The summed E-state index contributed by atoms with van der Waals surface area (Å²) in [6.07, 6.45) is 7.44. The van der Waals surface area contributed by atoms with Crippen molar-refractivity contribution < 1.29 is 14.3 Å². The van der Waals surface area contributed by atoms with E-state index >= 15 is 0 Å². The van der Waals surface area contributed by atoms with Crippen LogP contribution in [0.3, 0.4) is 0 Å². The van der Waals surface area contributed by atoms with Gasteiger partial charge in [-0.2, -0.15) is 11.8 Å². The number of rotatable bonds is 13. The zero-order valence-corrected chi connectivity index (χ0v) is 17.7. The molecular formula is C21H33NO3S. The van der Waals surface area contributed by atoms with Crippen LogP contribution in [0.4, 0.5) is 0 Å². The van der Waals surface area contributed by atoms with Gasteiger partial charge in [0.25, 0.3) is 0 Å². The second-order valence-electron chi connectivity index (χ2n) is 6.24. The van der Waals surface area contributed by atoms with Crippen LogP contribution < -0.4 is 9.47 Å². The molecule has 0 unspecified atom stereocenters. The molecule has 146 valence electrons. The van der Waals surface area contributed by atoms with E-state index in [-0.39, 0.29) is 0 Å². The fraction of sp³-hybridized carbons (Fsp3) is 0.571. The largest absolute Gasteiger partial charge is 0.493 e. The molecule has 0 atom stereocenters. The molecule has 0 aliphatic rings. The summed E-state index contributed by atoms with van der Waals surface area (Å²) in [7, 11) is 1.59. The van der Waals surface area contributed by atoms with Gasteiger partial charge in [0.15, 0.2) is 0 Å². The van der Waals surface area contributed by atoms with Gasteiger partial charge in [-0.15, -0.1) is 0 Å². The van der Waals surface area contributed by atoms with E-state index < -0.39 is 0 Å². The third-order valence-corrected chi connectivity index (χ3v) is 4.95. The Balaban J connectivity index is 2.25. The summed E-state index contributed by atoms with van der Waals surface area (Å²) in [6, 6.07) is 4.10. The van der Waals surface area contributed by atoms with E-state index in [0.29, 0.717) is 6.61 Å². The summed E-state index contributed by atoms with van der Waals surface area (Å²) in [6.45, 7) is 9.49. The highest BCUT2D eigenvalue weighted by Crippen LogP contribution is 2.28. The van der Waals surface area contributed by atoms with Gasteiger partial charge < -0.3 is 14.3 Å². The van der Waals surface area contributed by atoms with Crippen LogP contribution in [0.15, 0.2) is 29.4 Å². The lowest BCUT2D eigenvalue weighted by molar-refractivity contribution is 0.213. The monoisotopic (exact) mass is 379 g/mol. The second-order valence-corrected chi connectivity index (χ2v) is 7.34. The van der Waals surface area contributed by atoms with Gasteiger partial charge >= 0.3 is 0 Å². The molecule has 0 heterocycles. The normalized spacial score (nSPS) is 11.8. The number of allylic oxidation sites excluding steroid dienone is 1. The van der Waals surface area contributed by atoms with E-state index in [2.05, 4.69) is 19.0 Å². The Bertz CT molecular complexity index is 562. The molecule has 0 saturated carbocycles. The lowest BCUT2D eigenvalue weighted by atomic mass is 10.1. The highest BCUT2D eigenvalue weighted by molar-refractivity contribution is 7.99. The number of oxime groups is 1. The Kier molecular flexibility index (Phi) is 11.7. The van der Waals surface area contributed by atoms with Crippen LogP contribution in [0.25, 0.3) is 0 Å². The zero-order valence-electron chi connectivity index (χ0n) is 16.8. The number of benzene rings is 1. The smallest absolute Gasteiger partial charge is 0.125 e. The van der Waals surface area contributed by atoms with Crippen molar-refractivity contribution in [3.05, 3.63) is 35.4 Å². The molecule has 0 saturated heterocycles. The maximum Gasteiger partial charge on any atom is 0.125 e. The summed E-state index contributed by atoms with van der Waals surface area (Å²) in [4.78, 5) is 4.75. The van der Waals surface area contributed by atoms with E-state index in [1.54, 1.807) is 7.11 Å². The molecule has 0 spiro atoms. The van der Waals surface area contributed by atoms with Crippen LogP contribution in [0.5, 0.6) is 11.5 Å². The predicted octanol–water partition coefficient (Wildman–Crippen LogP) is 5.56. The van der Waals surface area contributed by atoms with Gasteiger partial charge in [-0.3, -0.25) is 0 Å². The molecule has 4 nitrogen and oxygen atoms in total. The lowest BCUT2D eigenvalue weighted by Crippen LogP contribution is -2.02. The predicted molar refractivity (Wildman–Crippen MR) is 113 cm³/mol. The minimum Gasteiger partial charge on any atom is -0.493 e. The zero-order chi connectivity index (χ0) is 19.2. The molecule has 0 fully saturated rings. The summed E-state index contributed by atoms with van der Waals surface area (Å²) >= 11 is 1.90. The van der Waals surface area contributed by atoms with Gasteiger partial charge in [-0.1, -0.05) is 17.3 Å². The molecule has 0 bridgehead atoms. The first-order valence-electron chi connectivity index (χ1n) is 9.20. The molecule has 0 radical (unpaired) electrons. The van der Waals surface area contributed by atoms with Crippen LogP contribution in [0.1, 0.15) is 44.2 Å². The topological polar surface area (TPSA) is 40.0 Å². The van der Waals surface area contributed by atoms with Gasteiger partial charge in [0.1, 0.15) is 25.2 Å². The van der Waals surface area contributed by atoms with Crippen LogP contribution in [-0.2, 0) is 4.84 Å². The van der Waals surface area contributed by atoms with Crippen molar-refractivity contribution in [2.45, 2.75) is 47.0 Å². The maximum absolute atomic E-state index is 6.01. The van der Waals surface area contributed by atoms with Gasteiger partial charge in [-0.05, 0) is 76.0 Å². The number of ether oxygens (including phenoxy) is 2. The average Bonchev–Trinajstić information content (AvgIpc) is 2.59. The van der Waals surface area contributed by atoms with Gasteiger partial charge in [0, 0.05) is 5.75 Å². The quantitative estimate of drug-likeness (QED) is 0.195. The number of thioether (sulfide) groups is 1. The first kappa shape index (κ1) is 22.4. The molecule has 0 aromatic heterocycles. The summed E-state index contributed by atoms with van der Waals surface area (Å²) < 4.78 is 11.7. The molecule has 26 heavy (non-hydrogen) atoms. The Morgan fingerprint density at radius 1 is 1.12 bits per heavy atom. The first-order chi connectivity index (χ1) is 12.6. The minimum absolute atomic E-state index is 0.602. The van der Waals surface area contributed by atoms with Crippen LogP contribution >= 0.6 is 11.8 Å². The van der Waals surface area contributed by atoms with Crippen LogP contribution in [-0.4, -0.2) is 37.5 Å². The molecule has 1 aromatic carbocycles.